The zero-order chi connectivity index (χ0) is 15.1. The molecule has 0 bridgehead atoms. The first-order chi connectivity index (χ1) is 10.2. The third-order valence-corrected chi connectivity index (χ3v) is 4.13. The van der Waals surface area contributed by atoms with Crippen LogP contribution >= 0.6 is 0 Å². The van der Waals surface area contributed by atoms with Gasteiger partial charge in [-0.05, 0) is 18.9 Å². The molecule has 0 aliphatic carbocycles. The molecule has 1 aromatic rings. The van der Waals surface area contributed by atoms with Gasteiger partial charge in [0, 0.05) is 38.8 Å². The van der Waals surface area contributed by atoms with Gasteiger partial charge in [0.25, 0.3) is 0 Å². The molecule has 1 fully saturated rings. The quantitative estimate of drug-likeness (QED) is 0.871. The van der Waals surface area contributed by atoms with Crippen molar-refractivity contribution in [3.05, 3.63) is 42.0 Å². The Morgan fingerprint density at radius 3 is 2.71 bits per heavy atom. The summed E-state index contributed by atoms with van der Waals surface area (Å²) in [5.41, 5.74) is 1.26. The van der Waals surface area contributed by atoms with E-state index in [0.29, 0.717) is 6.04 Å². The van der Waals surface area contributed by atoms with Crippen molar-refractivity contribution in [1.29, 1.82) is 0 Å². The van der Waals surface area contributed by atoms with Gasteiger partial charge in [0.15, 0.2) is 0 Å². The Balaban J connectivity index is 1.82. The molecule has 0 aromatic heterocycles. The van der Waals surface area contributed by atoms with E-state index in [4.69, 9.17) is 0 Å². The number of hydrogen-bond acceptors (Lipinski definition) is 3. The number of nitrogens with zero attached hydrogens (tertiary/aromatic N) is 2. The lowest BCUT2D eigenvalue weighted by Crippen LogP contribution is -2.54. The average molecular weight is 288 g/mol. The molecule has 1 N–H and O–H groups in total. The molecule has 116 valence electrons. The lowest BCUT2D eigenvalue weighted by atomic mass is 10.1. The van der Waals surface area contributed by atoms with E-state index in [9.17, 15) is 5.11 Å². The summed E-state index contributed by atoms with van der Waals surface area (Å²) in [7, 11) is 0. The van der Waals surface area contributed by atoms with Crippen LogP contribution in [0.4, 0.5) is 0 Å². The van der Waals surface area contributed by atoms with Crippen molar-refractivity contribution in [3.8, 4) is 0 Å². The molecule has 1 heterocycles. The standard InChI is InChI=1S/C18H28N2O/c1-3-18-15-19(12-13-20(18)14-16(2)21)11-7-10-17-8-5-4-6-9-17/h4-10,16,18,21H,3,11-15H2,1-2H3/b10-7-/t16-,18+/m0/s1. The predicted octanol–water partition coefficient (Wildman–Crippen LogP) is 2.48. The number of rotatable bonds is 6. The van der Waals surface area contributed by atoms with Crippen LogP contribution in [0.15, 0.2) is 36.4 Å². The van der Waals surface area contributed by atoms with E-state index in [1.54, 1.807) is 0 Å². The minimum atomic E-state index is -0.233. The van der Waals surface area contributed by atoms with Crippen molar-refractivity contribution in [2.45, 2.75) is 32.4 Å². The number of aliphatic hydroxyl groups is 1. The van der Waals surface area contributed by atoms with Crippen LogP contribution in [0.5, 0.6) is 0 Å². The van der Waals surface area contributed by atoms with Gasteiger partial charge in [0.05, 0.1) is 6.10 Å². The minimum Gasteiger partial charge on any atom is -0.392 e. The highest BCUT2D eigenvalue weighted by Crippen LogP contribution is 2.13. The van der Waals surface area contributed by atoms with Gasteiger partial charge in [-0.15, -0.1) is 0 Å². The number of piperazine rings is 1. The molecular weight excluding hydrogens is 260 g/mol. The van der Waals surface area contributed by atoms with Crippen molar-refractivity contribution < 1.29 is 5.11 Å². The second-order valence-corrected chi connectivity index (χ2v) is 5.98. The summed E-state index contributed by atoms with van der Waals surface area (Å²) in [6.07, 6.45) is 5.37. The van der Waals surface area contributed by atoms with E-state index in [0.717, 1.165) is 39.1 Å². The normalized spacial score (nSPS) is 22.7. The van der Waals surface area contributed by atoms with Crippen LogP contribution < -0.4 is 0 Å². The number of aliphatic hydroxyl groups excluding tert-OH is 1. The zero-order valence-corrected chi connectivity index (χ0v) is 13.3. The molecule has 2 atom stereocenters. The second kappa shape index (κ2) is 8.32. The van der Waals surface area contributed by atoms with Crippen LogP contribution in [0.2, 0.25) is 0 Å². The van der Waals surface area contributed by atoms with E-state index >= 15 is 0 Å². The molecule has 3 heteroatoms. The SMILES string of the molecule is CC[C@@H]1CN(C/C=C\c2ccccc2)CCN1C[C@H](C)O. The van der Waals surface area contributed by atoms with E-state index in [-0.39, 0.29) is 6.10 Å². The van der Waals surface area contributed by atoms with Crippen molar-refractivity contribution in [1.82, 2.24) is 9.80 Å². The lowest BCUT2D eigenvalue weighted by Gasteiger charge is -2.41. The molecule has 2 rings (SSSR count). The number of benzene rings is 1. The van der Waals surface area contributed by atoms with Gasteiger partial charge in [-0.1, -0.05) is 49.4 Å². The van der Waals surface area contributed by atoms with Crippen LogP contribution in [0.25, 0.3) is 6.08 Å². The fourth-order valence-electron chi connectivity index (χ4n) is 2.99. The average Bonchev–Trinajstić information content (AvgIpc) is 2.49. The first-order valence-corrected chi connectivity index (χ1v) is 8.05. The molecule has 0 unspecified atom stereocenters. The van der Waals surface area contributed by atoms with Crippen molar-refractivity contribution in [3.63, 3.8) is 0 Å². The summed E-state index contributed by atoms with van der Waals surface area (Å²) in [6.45, 7) is 9.16. The van der Waals surface area contributed by atoms with E-state index in [1.165, 1.54) is 5.56 Å². The largest absolute Gasteiger partial charge is 0.392 e. The third kappa shape index (κ3) is 5.27. The van der Waals surface area contributed by atoms with Gasteiger partial charge in [-0.25, -0.2) is 0 Å². The maximum absolute atomic E-state index is 9.58. The van der Waals surface area contributed by atoms with Crippen LogP contribution in [0, 0.1) is 0 Å². The molecule has 21 heavy (non-hydrogen) atoms. The van der Waals surface area contributed by atoms with Crippen LogP contribution in [-0.2, 0) is 0 Å². The van der Waals surface area contributed by atoms with E-state index in [1.807, 2.05) is 13.0 Å². The second-order valence-electron chi connectivity index (χ2n) is 5.98. The Bertz CT molecular complexity index is 430. The first-order valence-electron chi connectivity index (χ1n) is 8.05. The Morgan fingerprint density at radius 1 is 1.29 bits per heavy atom. The molecule has 1 saturated heterocycles. The van der Waals surface area contributed by atoms with Crippen molar-refractivity contribution >= 4 is 6.08 Å². The third-order valence-electron chi connectivity index (χ3n) is 4.13. The molecule has 1 aliphatic heterocycles. The molecule has 0 amide bonds. The lowest BCUT2D eigenvalue weighted by molar-refractivity contribution is 0.0409. The van der Waals surface area contributed by atoms with Crippen LogP contribution in [0.3, 0.4) is 0 Å². The summed E-state index contributed by atoms with van der Waals surface area (Å²) in [4.78, 5) is 4.94. The van der Waals surface area contributed by atoms with Crippen molar-refractivity contribution in [2.24, 2.45) is 0 Å². The Labute approximate surface area is 128 Å². The summed E-state index contributed by atoms with van der Waals surface area (Å²) in [5.74, 6) is 0. The van der Waals surface area contributed by atoms with E-state index in [2.05, 4.69) is 53.1 Å². The summed E-state index contributed by atoms with van der Waals surface area (Å²) < 4.78 is 0. The zero-order valence-electron chi connectivity index (χ0n) is 13.3. The van der Waals surface area contributed by atoms with Gasteiger partial charge >= 0.3 is 0 Å². The number of β-amino-alcohol motifs (C(OH)–C–C–N with tert-alkyl or cyclic N) is 1. The Kier molecular flexibility index (Phi) is 6.43. The smallest absolute Gasteiger partial charge is 0.0639 e. The molecule has 3 nitrogen and oxygen atoms in total. The molecule has 1 aliphatic rings. The van der Waals surface area contributed by atoms with Gasteiger partial charge in [0.2, 0.25) is 0 Å². The molecule has 0 spiro atoms. The van der Waals surface area contributed by atoms with Gasteiger partial charge in [-0.2, -0.15) is 0 Å². The topological polar surface area (TPSA) is 26.7 Å². The molecule has 1 aromatic carbocycles. The van der Waals surface area contributed by atoms with Crippen molar-refractivity contribution in [2.75, 3.05) is 32.7 Å². The van der Waals surface area contributed by atoms with Gasteiger partial charge in [-0.3, -0.25) is 9.80 Å². The monoisotopic (exact) mass is 288 g/mol. The van der Waals surface area contributed by atoms with Crippen LogP contribution in [-0.4, -0.2) is 59.8 Å². The molecular formula is C18H28N2O. The highest BCUT2D eigenvalue weighted by atomic mass is 16.3. The fourth-order valence-corrected chi connectivity index (χ4v) is 2.99. The number of hydrogen-bond donors (Lipinski definition) is 1. The summed E-state index contributed by atoms with van der Waals surface area (Å²) in [6, 6.07) is 11.0. The maximum Gasteiger partial charge on any atom is 0.0639 e. The summed E-state index contributed by atoms with van der Waals surface area (Å²) in [5, 5.41) is 9.58. The van der Waals surface area contributed by atoms with Gasteiger partial charge in [0.1, 0.15) is 0 Å². The van der Waals surface area contributed by atoms with Gasteiger partial charge < -0.3 is 5.11 Å². The minimum absolute atomic E-state index is 0.233. The highest BCUT2D eigenvalue weighted by molar-refractivity contribution is 5.48. The fraction of sp³-hybridized carbons (Fsp3) is 0.556. The Hall–Kier alpha value is -1.16. The van der Waals surface area contributed by atoms with E-state index < -0.39 is 0 Å². The molecule has 0 radical (unpaired) electrons. The maximum atomic E-state index is 9.58. The molecule has 0 saturated carbocycles. The highest BCUT2D eigenvalue weighted by Gasteiger charge is 2.25. The first kappa shape index (κ1) is 16.2. The van der Waals surface area contributed by atoms with Crippen LogP contribution in [0.1, 0.15) is 25.8 Å². The summed E-state index contributed by atoms with van der Waals surface area (Å²) >= 11 is 0. The Morgan fingerprint density at radius 2 is 2.05 bits per heavy atom. The predicted molar refractivity (Wildman–Crippen MR) is 89.2 cm³/mol.